The number of ether oxygens (including phenoxy) is 1. The van der Waals surface area contributed by atoms with Gasteiger partial charge in [0.2, 0.25) is 0 Å². The van der Waals surface area contributed by atoms with Crippen LogP contribution in [0.25, 0.3) is 0 Å². The monoisotopic (exact) mass is 342 g/mol. The van der Waals surface area contributed by atoms with Gasteiger partial charge in [0.25, 0.3) is 0 Å². The highest BCUT2D eigenvalue weighted by molar-refractivity contribution is 5.75. The van der Waals surface area contributed by atoms with Crippen molar-refractivity contribution in [3.63, 3.8) is 0 Å². The molecule has 1 aliphatic heterocycles. The zero-order valence-electron chi connectivity index (χ0n) is 15.2. The van der Waals surface area contributed by atoms with Crippen LogP contribution in [0.5, 0.6) is 0 Å². The van der Waals surface area contributed by atoms with E-state index in [2.05, 4.69) is 10.6 Å². The summed E-state index contributed by atoms with van der Waals surface area (Å²) in [7, 11) is 0. The van der Waals surface area contributed by atoms with Crippen molar-refractivity contribution in [3.05, 3.63) is 60.1 Å². The Balaban J connectivity index is 1.73. The van der Waals surface area contributed by atoms with Crippen molar-refractivity contribution in [2.24, 2.45) is 0 Å². The molecule has 1 aliphatic rings. The van der Waals surface area contributed by atoms with Crippen LogP contribution < -0.4 is 10.6 Å². The van der Waals surface area contributed by atoms with Gasteiger partial charge in [-0.05, 0) is 51.8 Å². The third kappa shape index (κ3) is 4.04. The maximum Gasteiger partial charge on any atom is 0.315 e. The minimum Gasteiger partial charge on any atom is -0.467 e. The topological polar surface area (TPSA) is 63.5 Å². The highest BCUT2D eigenvalue weighted by Gasteiger charge is 2.46. The number of hydrogen-bond donors (Lipinski definition) is 2. The average Bonchev–Trinajstić information content (AvgIpc) is 3.12. The largest absolute Gasteiger partial charge is 0.467 e. The van der Waals surface area contributed by atoms with Crippen LogP contribution in [0.1, 0.15) is 51.5 Å². The number of carbonyl (C=O) groups is 1. The Hall–Kier alpha value is -2.27. The van der Waals surface area contributed by atoms with E-state index in [4.69, 9.17) is 9.15 Å². The molecule has 3 rings (SSSR count). The van der Waals surface area contributed by atoms with E-state index in [0.29, 0.717) is 5.76 Å². The molecule has 2 aromatic rings. The molecule has 2 amide bonds. The maximum atomic E-state index is 12.7. The Bertz CT molecular complexity index is 708. The summed E-state index contributed by atoms with van der Waals surface area (Å²) in [6.45, 7) is 8.11. The molecule has 2 unspecified atom stereocenters. The van der Waals surface area contributed by atoms with Gasteiger partial charge in [-0.15, -0.1) is 0 Å². The van der Waals surface area contributed by atoms with Crippen LogP contribution in [-0.4, -0.2) is 23.3 Å². The third-order valence-electron chi connectivity index (χ3n) is 4.62. The fourth-order valence-corrected chi connectivity index (χ4v) is 3.54. The Labute approximate surface area is 148 Å². The lowest BCUT2D eigenvalue weighted by Crippen LogP contribution is -2.50. The summed E-state index contributed by atoms with van der Waals surface area (Å²) in [5.41, 5.74) is 0.310. The number of rotatable bonds is 4. The number of hydrogen-bond acceptors (Lipinski definition) is 3. The number of urea groups is 1. The number of carbonyl (C=O) groups excluding carboxylic acids is 1. The SMILES string of the molecule is CC1(C)CC(NC(=O)NC(c2ccccc2)c2ccco2)C(C)(C)O1. The Morgan fingerprint density at radius 2 is 1.84 bits per heavy atom. The molecule has 1 aromatic heterocycles. The molecule has 1 saturated heterocycles. The lowest BCUT2D eigenvalue weighted by Gasteiger charge is -2.28. The van der Waals surface area contributed by atoms with Gasteiger partial charge in [-0.25, -0.2) is 4.79 Å². The average molecular weight is 342 g/mol. The lowest BCUT2D eigenvalue weighted by molar-refractivity contribution is -0.0690. The highest BCUT2D eigenvalue weighted by atomic mass is 16.5. The second kappa shape index (κ2) is 6.56. The molecule has 5 nitrogen and oxygen atoms in total. The molecule has 1 fully saturated rings. The van der Waals surface area contributed by atoms with Crippen LogP contribution in [0.2, 0.25) is 0 Å². The van der Waals surface area contributed by atoms with Crippen LogP contribution in [0.15, 0.2) is 53.1 Å². The van der Waals surface area contributed by atoms with Gasteiger partial charge in [-0.3, -0.25) is 0 Å². The zero-order valence-corrected chi connectivity index (χ0v) is 15.2. The molecule has 0 saturated carbocycles. The molecule has 134 valence electrons. The van der Waals surface area contributed by atoms with Crippen molar-refractivity contribution in [3.8, 4) is 0 Å². The van der Waals surface area contributed by atoms with E-state index in [1.807, 2.05) is 70.2 Å². The van der Waals surface area contributed by atoms with E-state index in [1.165, 1.54) is 0 Å². The normalized spacial score (nSPS) is 22.3. The highest BCUT2D eigenvalue weighted by Crippen LogP contribution is 2.37. The Morgan fingerprint density at radius 3 is 2.40 bits per heavy atom. The first-order chi connectivity index (χ1) is 11.8. The fourth-order valence-electron chi connectivity index (χ4n) is 3.54. The van der Waals surface area contributed by atoms with Gasteiger partial charge in [-0.2, -0.15) is 0 Å². The van der Waals surface area contributed by atoms with Crippen molar-refractivity contribution < 1.29 is 13.9 Å². The third-order valence-corrected chi connectivity index (χ3v) is 4.62. The van der Waals surface area contributed by atoms with Crippen molar-refractivity contribution in [1.82, 2.24) is 10.6 Å². The van der Waals surface area contributed by atoms with Crippen LogP contribution in [-0.2, 0) is 4.74 Å². The molecule has 0 spiro atoms. The second-order valence-electron chi connectivity index (χ2n) is 7.70. The molecule has 5 heteroatoms. The minimum atomic E-state index is -0.409. The summed E-state index contributed by atoms with van der Waals surface area (Å²) in [6, 6.07) is 12.8. The molecular formula is C20H26N2O3. The first-order valence-corrected chi connectivity index (χ1v) is 8.62. The van der Waals surface area contributed by atoms with E-state index in [1.54, 1.807) is 6.26 Å². The summed E-state index contributed by atoms with van der Waals surface area (Å²) in [6.07, 6.45) is 2.38. The van der Waals surface area contributed by atoms with E-state index in [0.717, 1.165) is 12.0 Å². The minimum absolute atomic E-state index is 0.0597. The summed E-state index contributed by atoms with van der Waals surface area (Å²) in [5, 5.41) is 6.10. The molecule has 0 aliphatic carbocycles. The van der Waals surface area contributed by atoms with Crippen LogP contribution in [0, 0.1) is 0 Å². The quantitative estimate of drug-likeness (QED) is 0.882. The van der Waals surface area contributed by atoms with E-state index >= 15 is 0 Å². The van der Waals surface area contributed by atoms with Crippen molar-refractivity contribution >= 4 is 6.03 Å². The summed E-state index contributed by atoms with van der Waals surface area (Å²) in [5.74, 6) is 0.698. The molecule has 0 radical (unpaired) electrons. The first kappa shape index (κ1) is 17.5. The predicted molar refractivity (Wildman–Crippen MR) is 96.3 cm³/mol. The smallest absolute Gasteiger partial charge is 0.315 e. The molecular weight excluding hydrogens is 316 g/mol. The van der Waals surface area contributed by atoms with Crippen molar-refractivity contribution in [2.45, 2.75) is 57.4 Å². The van der Waals surface area contributed by atoms with E-state index in [9.17, 15) is 4.79 Å². The Morgan fingerprint density at radius 1 is 1.12 bits per heavy atom. The fraction of sp³-hybridized carbons (Fsp3) is 0.450. The van der Waals surface area contributed by atoms with Crippen LogP contribution >= 0.6 is 0 Å². The number of amides is 2. The first-order valence-electron chi connectivity index (χ1n) is 8.62. The number of nitrogens with one attached hydrogen (secondary N) is 2. The second-order valence-corrected chi connectivity index (χ2v) is 7.70. The molecule has 1 aromatic carbocycles. The molecule has 0 bridgehead atoms. The van der Waals surface area contributed by atoms with Gasteiger partial charge >= 0.3 is 6.03 Å². The van der Waals surface area contributed by atoms with Gasteiger partial charge in [-0.1, -0.05) is 30.3 Å². The van der Waals surface area contributed by atoms with Gasteiger partial charge in [0, 0.05) is 0 Å². The molecule has 2 atom stereocenters. The zero-order chi connectivity index (χ0) is 18.1. The summed E-state index contributed by atoms with van der Waals surface area (Å²) in [4.78, 5) is 12.7. The molecule has 2 heterocycles. The maximum absolute atomic E-state index is 12.7. The van der Waals surface area contributed by atoms with Crippen LogP contribution in [0.3, 0.4) is 0 Å². The van der Waals surface area contributed by atoms with Gasteiger partial charge in [0.15, 0.2) is 0 Å². The van der Waals surface area contributed by atoms with Crippen molar-refractivity contribution in [1.29, 1.82) is 0 Å². The van der Waals surface area contributed by atoms with Crippen LogP contribution in [0.4, 0.5) is 4.79 Å². The van der Waals surface area contributed by atoms with E-state index in [-0.39, 0.29) is 23.7 Å². The Kier molecular flexibility index (Phi) is 4.60. The standard InChI is InChI=1S/C20H26N2O3/c1-19(2)13-16(20(3,4)25-19)21-18(23)22-17(15-11-8-12-24-15)14-9-6-5-7-10-14/h5-12,16-17H,13H2,1-4H3,(H2,21,22,23). The summed E-state index contributed by atoms with van der Waals surface area (Å²) < 4.78 is 11.6. The number of benzene rings is 1. The molecule has 2 N–H and O–H groups in total. The van der Waals surface area contributed by atoms with Gasteiger partial charge in [0.05, 0.1) is 23.5 Å². The lowest BCUT2D eigenvalue weighted by atomic mass is 9.94. The molecule has 25 heavy (non-hydrogen) atoms. The van der Waals surface area contributed by atoms with E-state index < -0.39 is 5.60 Å². The number of furan rings is 1. The summed E-state index contributed by atoms with van der Waals surface area (Å²) >= 11 is 0. The van der Waals surface area contributed by atoms with Gasteiger partial charge < -0.3 is 19.8 Å². The predicted octanol–water partition coefficient (Wildman–Crippen LogP) is 4.01. The van der Waals surface area contributed by atoms with Gasteiger partial charge in [0.1, 0.15) is 11.8 Å². The van der Waals surface area contributed by atoms with Crippen molar-refractivity contribution in [2.75, 3.05) is 0 Å².